The molecule has 0 amide bonds. The zero-order chi connectivity index (χ0) is 18.3. The van der Waals surface area contributed by atoms with Crippen molar-refractivity contribution in [1.82, 2.24) is 0 Å². The van der Waals surface area contributed by atoms with Crippen LogP contribution in [0.3, 0.4) is 0 Å². The quantitative estimate of drug-likeness (QED) is 0.595. The van der Waals surface area contributed by atoms with Gasteiger partial charge in [0, 0.05) is 11.1 Å². The Morgan fingerprint density at radius 1 is 1.40 bits per heavy atom. The molecule has 1 fully saturated rings. The molecule has 0 radical (unpaired) electrons. The van der Waals surface area contributed by atoms with Crippen LogP contribution in [0.1, 0.15) is 44.8 Å². The fourth-order valence-electron chi connectivity index (χ4n) is 2.68. The summed E-state index contributed by atoms with van der Waals surface area (Å²) in [4.78, 5) is 11.8. The molecule has 0 N–H and O–H groups in total. The van der Waals surface area contributed by atoms with Gasteiger partial charge in [0.2, 0.25) is 0 Å². The van der Waals surface area contributed by atoms with Crippen LogP contribution < -0.4 is 0 Å². The fraction of sp³-hybridized carbons (Fsp3) is 0.632. The Morgan fingerprint density at radius 3 is 2.84 bits per heavy atom. The van der Waals surface area contributed by atoms with Crippen LogP contribution in [0.5, 0.6) is 0 Å². The van der Waals surface area contributed by atoms with Gasteiger partial charge in [-0.15, -0.1) is 0 Å². The monoisotopic (exact) mass is 414 g/mol. The molecule has 0 aliphatic carbocycles. The second-order valence-corrected chi connectivity index (χ2v) is 7.78. The third-order valence-corrected chi connectivity index (χ3v) is 4.64. The van der Waals surface area contributed by atoms with Crippen molar-refractivity contribution >= 4 is 21.9 Å². The van der Waals surface area contributed by atoms with Crippen molar-refractivity contribution in [3.8, 4) is 0 Å². The van der Waals surface area contributed by atoms with E-state index in [2.05, 4.69) is 15.9 Å². The normalized spacial score (nSPS) is 19.4. The van der Waals surface area contributed by atoms with Crippen LogP contribution in [0.2, 0.25) is 0 Å². The van der Waals surface area contributed by atoms with Gasteiger partial charge < -0.3 is 18.9 Å². The van der Waals surface area contributed by atoms with E-state index in [1.165, 1.54) is 7.11 Å². The van der Waals surface area contributed by atoms with E-state index in [4.69, 9.17) is 18.9 Å². The van der Waals surface area contributed by atoms with E-state index in [0.717, 1.165) is 35.9 Å². The maximum atomic E-state index is 11.8. The molecule has 0 aromatic heterocycles. The summed E-state index contributed by atoms with van der Waals surface area (Å²) >= 11 is 3.50. The van der Waals surface area contributed by atoms with Crippen molar-refractivity contribution in [2.45, 2.75) is 45.5 Å². The van der Waals surface area contributed by atoms with Crippen LogP contribution in [0.25, 0.3) is 0 Å². The summed E-state index contributed by atoms with van der Waals surface area (Å²) in [6.07, 6.45) is 2.60. The van der Waals surface area contributed by atoms with Gasteiger partial charge in [-0.25, -0.2) is 0 Å². The lowest BCUT2D eigenvalue weighted by Crippen LogP contribution is -2.32. The van der Waals surface area contributed by atoms with E-state index in [9.17, 15) is 4.79 Å². The summed E-state index contributed by atoms with van der Waals surface area (Å²) in [7, 11) is 1.39. The Morgan fingerprint density at radius 2 is 2.20 bits per heavy atom. The maximum absolute atomic E-state index is 11.8. The highest BCUT2D eigenvalue weighted by molar-refractivity contribution is 9.10. The van der Waals surface area contributed by atoms with Crippen LogP contribution in [0.4, 0.5) is 0 Å². The standard InChI is InChI=1S/C19H27BrO5/c1-19(2,18(21)22-3)13-23-12-16(14-7-6-8-15(20)11-14)25-17-9-4-5-10-24-17/h6-8,11,16-17H,4-5,9-10,12-13H2,1-3H3. The van der Waals surface area contributed by atoms with Gasteiger partial charge in [0.1, 0.15) is 6.10 Å². The van der Waals surface area contributed by atoms with E-state index in [1.807, 2.05) is 24.3 Å². The molecular formula is C19H27BrO5. The maximum Gasteiger partial charge on any atom is 0.313 e. The molecule has 6 heteroatoms. The van der Waals surface area contributed by atoms with E-state index >= 15 is 0 Å². The highest BCUT2D eigenvalue weighted by Gasteiger charge is 2.30. The summed E-state index contributed by atoms with van der Waals surface area (Å²) in [5.41, 5.74) is 0.317. The fourth-order valence-corrected chi connectivity index (χ4v) is 3.10. The average molecular weight is 415 g/mol. The molecule has 0 spiro atoms. The molecule has 0 saturated carbocycles. The SMILES string of the molecule is COC(=O)C(C)(C)COCC(OC1CCCCO1)c1cccc(Br)c1. The molecule has 2 atom stereocenters. The predicted octanol–water partition coefficient (Wildman–Crippen LogP) is 4.25. The lowest BCUT2D eigenvalue weighted by Gasteiger charge is -2.29. The first-order valence-electron chi connectivity index (χ1n) is 8.61. The topological polar surface area (TPSA) is 54.0 Å². The molecule has 2 unspecified atom stereocenters. The Kier molecular flexibility index (Phi) is 7.87. The molecule has 1 heterocycles. The molecule has 1 aliphatic rings. The third kappa shape index (κ3) is 6.37. The van der Waals surface area contributed by atoms with Crippen LogP contribution in [-0.2, 0) is 23.7 Å². The summed E-state index contributed by atoms with van der Waals surface area (Å²) < 4.78 is 23.5. The van der Waals surface area contributed by atoms with Crippen molar-refractivity contribution in [2.75, 3.05) is 26.9 Å². The lowest BCUT2D eigenvalue weighted by molar-refractivity contribution is -0.202. The number of hydrogen-bond acceptors (Lipinski definition) is 5. The number of methoxy groups -OCH3 is 1. The molecule has 140 valence electrons. The van der Waals surface area contributed by atoms with Gasteiger partial charge in [-0.2, -0.15) is 0 Å². The molecule has 2 rings (SSSR count). The summed E-state index contributed by atoms with van der Waals surface area (Å²) in [6, 6.07) is 7.96. The van der Waals surface area contributed by atoms with E-state index < -0.39 is 5.41 Å². The van der Waals surface area contributed by atoms with Crippen LogP contribution >= 0.6 is 15.9 Å². The van der Waals surface area contributed by atoms with Crippen molar-refractivity contribution in [2.24, 2.45) is 5.41 Å². The molecule has 1 aromatic rings. The second kappa shape index (κ2) is 9.67. The van der Waals surface area contributed by atoms with Gasteiger partial charge in [-0.1, -0.05) is 28.1 Å². The number of halogens is 1. The average Bonchev–Trinajstić information content (AvgIpc) is 2.61. The van der Waals surface area contributed by atoms with E-state index in [1.54, 1.807) is 13.8 Å². The van der Waals surface area contributed by atoms with Gasteiger partial charge in [-0.05, 0) is 50.8 Å². The molecule has 0 bridgehead atoms. The molecular weight excluding hydrogens is 388 g/mol. The molecule has 25 heavy (non-hydrogen) atoms. The Hall–Kier alpha value is -0.950. The number of ether oxygens (including phenoxy) is 4. The Balaban J connectivity index is 2.00. The number of esters is 1. The number of carbonyl (C=O) groups is 1. The molecule has 5 nitrogen and oxygen atoms in total. The predicted molar refractivity (Wildman–Crippen MR) is 98.2 cm³/mol. The number of hydrogen-bond donors (Lipinski definition) is 0. The first kappa shape index (κ1) is 20.4. The van der Waals surface area contributed by atoms with Gasteiger partial charge in [0.25, 0.3) is 0 Å². The van der Waals surface area contributed by atoms with Crippen molar-refractivity contribution in [3.05, 3.63) is 34.3 Å². The minimum absolute atomic E-state index is 0.213. The number of rotatable bonds is 8. The van der Waals surface area contributed by atoms with Crippen molar-refractivity contribution < 1.29 is 23.7 Å². The van der Waals surface area contributed by atoms with Gasteiger partial charge in [0.05, 0.1) is 25.7 Å². The minimum atomic E-state index is -0.697. The zero-order valence-corrected chi connectivity index (χ0v) is 16.7. The van der Waals surface area contributed by atoms with Gasteiger partial charge in [-0.3, -0.25) is 4.79 Å². The third-order valence-electron chi connectivity index (χ3n) is 4.14. The summed E-state index contributed by atoms with van der Waals surface area (Å²) in [5, 5.41) is 0. The highest BCUT2D eigenvalue weighted by atomic mass is 79.9. The minimum Gasteiger partial charge on any atom is -0.469 e. The summed E-state index contributed by atoms with van der Waals surface area (Å²) in [6.45, 7) is 4.94. The second-order valence-electron chi connectivity index (χ2n) is 6.87. The first-order chi connectivity index (χ1) is 11.9. The largest absolute Gasteiger partial charge is 0.469 e. The number of benzene rings is 1. The Bertz CT molecular complexity index is 555. The molecule has 1 aromatic carbocycles. The lowest BCUT2D eigenvalue weighted by atomic mass is 9.95. The van der Waals surface area contributed by atoms with Crippen molar-refractivity contribution in [3.63, 3.8) is 0 Å². The Labute approximate surface area is 158 Å². The van der Waals surface area contributed by atoms with E-state index in [0.29, 0.717) is 6.61 Å². The first-order valence-corrected chi connectivity index (χ1v) is 9.40. The van der Waals surface area contributed by atoms with Gasteiger partial charge >= 0.3 is 5.97 Å². The molecule has 1 aliphatic heterocycles. The van der Waals surface area contributed by atoms with E-state index in [-0.39, 0.29) is 25.0 Å². The van der Waals surface area contributed by atoms with Crippen LogP contribution in [0, 0.1) is 5.41 Å². The van der Waals surface area contributed by atoms with Crippen LogP contribution in [-0.4, -0.2) is 39.2 Å². The number of carbonyl (C=O) groups excluding carboxylic acids is 1. The van der Waals surface area contributed by atoms with Crippen molar-refractivity contribution in [1.29, 1.82) is 0 Å². The smallest absolute Gasteiger partial charge is 0.313 e. The van der Waals surface area contributed by atoms with Gasteiger partial charge in [0.15, 0.2) is 6.29 Å². The van der Waals surface area contributed by atoms with Crippen LogP contribution in [0.15, 0.2) is 28.7 Å². The summed E-state index contributed by atoms with van der Waals surface area (Å²) in [5.74, 6) is -0.289. The zero-order valence-electron chi connectivity index (χ0n) is 15.1. The highest BCUT2D eigenvalue weighted by Crippen LogP contribution is 2.27. The molecule has 1 saturated heterocycles.